The van der Waals surface area contributed by atoms with Crippen LogP contribution in [0.4, 0.5) is 4.39 Å². The van der Waals surface area contributed by atoms with E-state index in [1.54, 1.807) is 30.1 Å². The smallest absolute Gasteiger partial charge is 0.317 e. The molecule has 1 saturated heterocycles. The Morgan fingerprint density at radius 2 is 2.11 bits per heavy atom. The number of hydrogen-bond acceptors (Lipinski definition) is 4. The molecule has 1 aromatic carbocycles. The minimum absolute atomic E-state index is 0.0161. The average molecular weight is 374 g/mol. The second-order valence-electron chi connectivity index (χ2n) is 6.82. The molecule has 1 fully saturated rings. The van der Waals surface area contributed by atoms with E-state index in [0.29, 0.717) is 36.3 Å². The zero-order valence-corrected chi connectivity index (χ0v) is 15.2. The minimum atomic E-state index is -0.859. The number of nitrogens with zero attached hydrogens (tertiary/aromatic N) is 3. The molecule has 144 valence electrons. The van der Waals surface area contributed by atoms with Crippen LogP contribution in [0.5, 0.6) is 0 Å². The fourth-order valence-corrected chi connectivity index (χ4v) is 3.55. The summed E-state index contributed by atoms with van der Waals surface area (Å²) in [6.07, 6.45) is 3.75. The van der Waals surface area contributed by atoms with Crippen LogP contribution in [0.1, 0.15) is 29.6 Å². The van der Waals surface area contributed by atoms with E-state index < -0.39 is 11.8 Å². The van der Waals surface area contributed by atoms with Crippen molar-refractivity contribution >= 4 is 11.9 Å². The van der Waals surface area contributed by atoms with Crippen LogP contribution in [0.15, 0.2) is 30.5 Å². The van der Waals surface area contributed by atoms with Gasteiger partial charge in [-0.2, -0.15) is 5.10 Å². The predicted octanol–water partition coefficient (Wildman–Crippen LogP) is 2.23. The molecule has 7 nitrogen and oxygen atoms in total. The Bertz CT molecular complexity index is 823. The summed E-state index contributed by atoms with van der Waals surface area (Å²) in [6.45, 7) is 1.09. The molecule has 8 heteroatoms. The summed E-state index contributed by atoms with van der Waals surface area (Å²) in [5.41, 5.74) is 1.03. The van der Waals surface area contributed by atoms with Crippen LogP contribution in [0.2, 0.25) is 0 Å². The van der Waals surface area contributed by atoms with Crippen molar-refractivity contribution in [1.82, 2.24) is 20.0 Å². The van der Waals surface area contributed by atoms with E-state index in [0.717, 1.165) is 12.8 Å². The molecule has 2 heterocycles. The van der Waals surface area contributed by atoms with Gasteiger partial charge in [-0.3, -0.25) is 19.6 Å². The van der Waals surface area contributed by atoms with E-state index >= 15 is 0 Å². The van der Waals surface area contributed by atoms with E-state index in [9.17, 15) is 14.0 Å². The minimum Gasteiger partial charge on any atom is -0.480 e. The van der Waals surface area contributed by atoms with Gasteiger partial charge in [0.15, 0.2) is 0 Å². The highest BCUT2D eigenvalue weighted by Crippen LogP contribution is 2.26. The van der Waals surface area contributed by atoms with E-state index in [4.69, 9.17) is 5.11 Å². The second kappa shape index (κ2) is 8.30. The Hall–Kier alpha value is -2.74. The van der Waals surface area contributed by atoms with Crippen molar-refractivity contribution in [2.45, 2.75) is 25.3 Å². The first-order chi connectivity index (χ1) is 13.0. The van der Waals surface area contributed by atoms with E-state index in [1.807, 2.05) is 4.90 Å². The number of H-pyrrole nitrogens is 1. The van der Waals surface area contributed by atoms with Gasteiger partial charge in [-0.15, -0.1) is 0 Å². The van der Waals surface area contributed by atoms with Crippen molar-refractivity contribution in [3.8, 4) is 11.3 Å². The molecule has 2 aromatic rings. The van der Waals surface area contributed by atoms with Crippen LogP contribution in [0.25, 0.3) is 11.3 Å². The fraction of sp³-hybridized carbons (Fsp3) is 0.421. The number of carbonyl (C=O) groups is 2. The second-order valence-corrected chi connectivity index (χ2v) is 6.82. The maximum Gasteiger partial charge on any atom is 0.317 e. The number of benzene rings is 1. The summed E-state index contributed by atoms with van der Waals surface area (Å²) in [5, 5.41) is 15.6. The summed E-state index contributed by atoms with van der Waals surface area (Å²) < 4.78 is 14.1. The molecule has 0 spiro atoms. The van der Waals surface area contributed by atoms with Gasteiger partial charge in [-0.25, -0.2) is 4.39 Å². The van der Waals surface area contributed by atoms with Crippen molar-refractivity contribution in [2.75, 3.05) is 26.7 Å². The van der Waals surface area contributed by atoms with Crippen molar-refractivity contribution in [2.24, 2.45) is 0 Å². The molecule has 27 heavy (non-hydrogen) atoms. The largest absolute Gasteiger partial charge is 0.480 e. The number of aliphatic carboxylic acids is 1. The topological polar surface area (TPSA) is 89.5 Å². The van der Waals surface area contributed by atoms with Gasteiger partial charge in [0.05, 0.1) is 24.0 Å². The monoisotopic (exact) mass is 374 g/mol. The Morgan fingerprint density at radius 3 is 2.85 bits per heavy atom. The van der Waals surface area contributed by atoms with Gasteiger partial charge >= 0.3 is 5.97 Å². The third kappa shape index (κ3) is 4.33. The van der Waals surface area contributed by atoms with Crippen molar-refractivity contribution in [3.05, 3.63) is 41.8 Å². The zero-order valence-electron chi connectivity index (χ0n) is 15.2. The number of amides is 1. The van der Waals surface area contributed by atoms with Gasteiger partial charge in [-0.1, -0.05) is 12.1 Å². The zero-order chi connectivity index (χ0) is 19.4. The number of nitrogens with one attached hydrogen (secondary N) is 1. The number of likely N-dealkylation sites (tertiary alicyclic amines) is 1. The number of halogens is 1. The number of hydrogen-bond donors (Lipinski definition) is 2. The highest BCUT2D eigenvalue weighted by Gasteiger charge is 2.27. The van der Waals surface area contributed by atoms with Crippen LogP contribution in [0.3, 0.4) is 0 Å². The molecule has 1 aromatic heterocycles. The van der Waals surface area contributed by atoms with Gasteiger partial charge in [0, 0.05) is 24.7 Å². The number of aromatic nitrogens is 2. The lowest BCUT2D eigenvalue weighted by atomic mass is 10.1. The third-order valence-electron chi connectivity index (χ3n) is 5.01. The fourth-order valence-electron chi connectivity index (χ4n) is 3.55. The lowest BCUT2D eigenvalue weighted by Gasteiger charge is -2.25. The Balaban J connectivity index is 1.73. The van der Waals surface area contributed by atoms with E-state index in [1.165, 1.54) is 12.3 Å². The highest BCUT2D eigenvalue weighted by atomic mass is 19.1. The molecule has 1 atom stereocenters. The van der Waals surface area contributed by atoms with Gasteiger partial charge in [0.1, 0.15) is 5.82 Å². The molecule has 1 amide bonds. The Labute approximate surface area is 156 Å². The third-order valence-corrected chi connectivity index (χ3v) is 5.01. The van der Waals surface area contributed by atoms with Crippen molar-refractivity contribution in [3.63, 3.8) is 0 Å². The van der Waals surface area contributed by atoms with Crippen LogP contribution in [0, 0.1) is 5.82 Å². The van der Waals surface area contributed by atoms with Gasteiger partial charge in [-0.05, 0) is 38.4 Å². The summed E-state index contributed by atoms with van der Waals surface area (Å²) in [5.74, 6) is -1.46. The first kappa shape index (κ1) is 19.0. The highest BCUT2D eigenvalue weighted by molar-refractivity contribution is 5.99. The molecule has 0 saturated carbocycles. The predicted molar refractivity (Wildman–Crippen MR) is 97.8 cm³/mol. The molecule has 1 aliphatic rings. The lowest BCUT2D eigenvalue weighted by molar-refractivity contribution is -0.138. The SMILES string of the molecule is CN(CC(=O)O)C1CCCN(C(=O)c2cn[nH]c2-c2ccccc2F)CC1. The number of carboxylic acids is 1. The first-order valence-corrected chi connectivity index (χ1v) is 8.97. The Kier molecular flexibility index (Phi) is 5.85. The molecule has 1 aliphatic heterocycles. The first-order valence-electron chi connectivity index (χ1n) is 8.97. The molecule has 0 radical (unpaired) electrons. The van der Waals surface area contributed by atoms with E-state index in [2.05, 4.69) is 10.2 Å². The number of carbonyl (C=O) groups excluding carboxylic acids is 1. The van der Waals surface area contributed by atoms with Crippen LogP contribution < -0.4 is 0 Å². The number of carboxylic acid groups (broad SMARTS) is 1. The van der Waals surface area contributed by atoms with Crippen molar-refractivity contribution in [1.29, 1.82) is 0 Å². The molecule has 0 bridgehead atoms. The van der Waals surface area contributed by atoms with E-state index in [-0.39, 0.29) is 18.5 Å². The van der Waals surface area contributed by atoms with Crippen LogP contribution >= 0.6 is 0 Å². The lowest BCUT2D eigenvalue weighted by Crippen LogP contribution is -2.37. The van der Waals surface area contributed by atoms with Crippen LogP contribution in [-0.2, 0) is 4.79 Å². The van der Waals surface area contributed by atoms with Gasteiger partial charge in [0.25, 0.3) is 5.91 Å². The standard InChI is InChI=1S/C19H23FN4O3/c1-23(12-17(25)26)13-5-4-9-24(10-8-13)19(27)15-11-21-22-18(15)14-6-2-3-7-16(14)20/h2-3,6-7,11,13H,4-5,8-10,12H2,1H3,(H,21,22)(H,25,26). The molecule has 3 rings (SSSR count). The number of likely N-dealkylation sites (N-methyl/N-ethyl adjacent to an activating group) is 1. The summed E-state index contributed by atoms with van der Waals surface area (Å²) in [6, 6.07) is 6.38. The van der Waals surface area contributed by atoms with Crippen LogP contribution in [-0.4, -0.2) is 69.7 Å². The maximum absolute atomic E-state index is 14.1. The van der Waals surface area contributed by atoms with Crippen molar-refractivity contribution < 1.29 is 19.1 Å². The molecular formula is C19H23FN4O3. The normalized spacial score (nSPS) is 17.7. The molecule has 2 N–H and O–H groups in total. The molecular weight excluding hydrogens is 351 g/mol. The number of aromatic amines is 1. The average Bonchev–Trinajstić information content (AvgIpc) is 2.97. The maximum atomic E-state index is 14.1. The van der Waals surface area contributed by atoms with Gasteiger partial charge in [0.2, 0.25) is 0 Å². The Morgan fingerprint density at radius 1 is 1.33 bits per heavy atom. The number of rotatable bonds is 5. The quantitative estimate of drug-likeness (QED) is 0.838. The van der Waals surface area contributed by atoms with Gasteiger partial charge < -0.3 is 10.0 Å². The summed E-state index contributed by atoms with van der Waals surface area (Å²) >= 11 is 0. The molecule has 0 aliphatic carbocycles. The summed E-state index contributed by atoms with van der Waals surface area (Å²) in [7, 11) is 1.79. The molecule has 1 unspecified atom stereocenters. The summed E-state index contributed by atoms with van der Waals surface area (Å²) in [4.78, 5) is 27.5.